The van der Waals surface area contributed by atoms with Gasteiger partial charge in [-0.15, -0.1) is 0 Å². The molecule has 1 aromatic rings. The van der Waals surface area contributed by atoms with Crippen molar-refractivity contribution in [2.24, 2.45) is 5.73 Å². The smallest absolute Gasteiger partial charge is 0.337 e. The van der Waals surface area contributed by atoms with E-state index in [1.54, 1.807) is 4.90 Å². The SMILES string of the molecule is CC1(N)CN(c2nccc(C(F)(F)F)n2)C1. The second-order valence-electron chi connectivity index (χ2n) is 4.25. The highest BCUT2D eigenvalue weighted by Gasteiger charge is 2.38. The lowest BCUT2D eigenvalue weighted by Gasteiger charge is -2.45. The lowest BCUT2D eigenvalue weighted by molar-refractivity contribution is -0.141. The zero-order chi connectivity index (χ0) is 12.0. The Labute approximate surface area is 90.3 Å². The largest absolute Gasteiger partial charge is 0.433 e. The maximum Gasteiger partial charge on any atom is 0.433 e. The van der Waals surface area contributed by atoms with Gasteiger partial charge in [0, 0.05) is 24.8 Å². The fourth-order valence-electron chi connectivity index (χ4n) is 1.63. The predicted molar refractivity (Wildman–Crippen MR) is 51.8 cm³/mol. The van der Waals surface area contributed by atoms with E-state index in [1.807, 2.05) is 6.92 Å². The van der Waals surface area contributed by atoms with Crippen molar-refractivity contribution in [3.05, 3.63) is 18.0 Å². The quantitative estimate of drug-likeness (QED) is 0.785. The van der Waals surface area contributed by atoms with Crippen molar-refractivity contribution in [1.82, 2.24) is 9.97 Å². The van der Waals surface area contributed by atoms with E-state index in [2.05, 4.69) is 9.97 Å². The Balaban J connectivity index is 2.18. The van der Waals surface area contributed by atoms with Crippen LogP contribution in [0.4, 0.5) is 19.1 Å². The first-order chi connectivity index (χ1) is 7.28. The van der Waals surface area contributed by atoms with Gasteiger partial charge in [0.2, 0.25) is 5.95 Å². The number of nitrogens with two attached hydrogens (primary N) is 1. The van der Waals surface area contributed by atoms with E-state index < -0.39 is 11.9 Å². The monoisotopic (exact) mass is 232 g/mol. The summed E-state index contributed by atoms with van der Waals surface area (Å²) in [4.78, 5) is 8.89. The molecule has 0 saturated carbocycles. The summed E-state index contributed by atoms with van der Waals surface area (Å²) in [6.45, 7) is 2.76. The van der Waals surface area contributed by atoms with Crippen LogP contribution in [-0.2, 0) is 6.18 Å². The number of alkyl halides is 3. The normalized spacial score (nSPS) is 19.4. The fraction of sp³-hybridized carbons (Fsp3) is 0.556. The van der Waals surface area contributed by atoms with E-state index in [0.717, 1.165) is 12.3 Å². The van der Waals surface area contributed by atoms with Crippen LogP contribution in [0, 0.1) is 0 Å². The molecule has 1 aliphatic rings. The van der Waals surface area contributed by atoms with E-state index in [9.17, 15) is 13.2 Å². The van der Waals surface area contributed by atoms with Crippen LogP contribution in [-0.4, -0.2) is 28.6 Å². The zero-order valence-corrected chi connectivity index (χ0v) is 8.62. The molecule has 1 aromatic heterocycles. The summed E-state index contributed by atoms with van der Waals surface area (Å²) >= 11 is 0. The minimum atomic E-state index is -4.44. The molecule has 0 unspecified atom stereocenters. The standard InChI is InChI=1S/C9H11F3N4/c1-8(13)4-16(5-8)7-14-3-2-6(15-7)9(10,11)12/h2-3H,4-5,13H2,1H3. The van der Waals surface area contributed by atoms with Crippen LogP contribution in [0.15, 0.2) is 12.3 Å². The van der Waals surface area contributed by atoms with Crippen molar-refractivity contribution in [3.8, 4) is 0 Å². The summed E-state index contributed by atoms with van der Waals surface area (Å²) in [5, 5.41) is 0. The van der Waals surface area contributed by atoms with Crippen LogP contribution in [0.3, 0.4) is 0 Å². The number of halogens is 3. The van der Waals surface area contributed by atoms with Gasteiger partial charge in [-0.25, -0.2) is 9.97 Å². The second-order valence-corrected chi connectivity index (χ2v) is 4.25. The van der Waals surface area contributed by atoms with E-state index in [-0.39, 0.29) is 11.5 Å². The maximum absolute atomic E-state index is 12.4. The van der Waals surface area contributed by atoms with E-state index in [1.165, 1.54) is 0 Å². The summed E-state index contributed by atoms with van der Waals surface area (Å²) in [6, 6.07) is 0.852. The molecule has 0 spiro atoms. The summed E-state index contributed by atoms with van der Waals surface area (Å²) in [5.74, 6) is 0.0813. The van der Waals surface area contributed by atoms with Gasteiger partial charge in [-0.05, 0) is 13.0 Å². The van der Waals surface area contributed by atoms with Crippen LogP contribution in [0.1, 0.15) is 12.6 Å². The van der Waals surface area contributed by atoms with Crippen molar-refractivity contribution in [3.63, 3.8) is 0 Å². The highest BCUT2D eigenvalue weighted by molar-refractivity contribution is 5.38. The number of nitrogens with zero attached hydrogens (tertiary/aromatic N) is 3. The summed E-state index contributed by atoms with van der Waals surface area (Å²) in [6.07, 6.45) is -3.33. The first-order valence-corrected chi connectivity index (χ1v) is 4.72. The van der Waals surface area contributed by atoms with Crippen molar-refractivity contribution in [2.45, 2.75) is 18.6 Å². The van der Waals surface area contributed by atoms with Crippen LogP contribution < -0.4 is 10.6 Å². The molecule has 1 aliphatic heterocycles. The molecule has 1 fully saturated rings. The van der Waals surface area contributed by atoms with E-state index in [0.29, 0.717) is 13.1 Å². The molecule has 1 saturated heterocycles. The lowest BCUT2D eigenvalue weighted by Crippen LogP contribution is -2.66. The zero-order valence-electron chi connectivity index (χ0n) is 8.62. The van der Waals surface area contributed by atoms with E-state index in [4.69, 9.17) is 5.73 Å². The van der Waals surface area contributed by atoms with Crippen LogP contribution in [0.25, 0.3) is 0 Å². The van der Waals surface area contributed by atoms with Crippen LogP contribution in [0.2, 0.25) is 0 Å². The minimum absolute atomic E-state index is 0.0813. The Morgan fingerprint density at radius 2 is 2.06 bits per heavy atom. The first kappa shape index (κ1) is 11.1. The first-order valence-electron chi connectivity index (χ1n) is 4.72. The number of anilines is 1. The van der Waals surface area contributed by atoms with Gasteiger partial charge in [0.05, 0.1) is 0 Å². The Morgan fingerprint density at radius 3 is 2.56 bits per heavy atom. The van der Waals surface area contributed by atoms with Gasteiger partial charge in [-0.2, -0.15) is 13.2 Å². The molecule has 7 heteroatoms. The molecule has 2 heterocycles. The van der Waals surface area contributed by atoms with Crippen molar-refractivity contribution in [1.29, 1.82) is 0 Å². The average Bonchev–Trinajstić information content (AvgIpc) is 2.13. The fourth-order valence-corrected chi connectivity index (χ4v) is 1.63. The molecular formula is C9H11F3N4. The molecule has 0 amide bonds. The van der Waals surface area contributed by atoms with Crippen molar-refractivity contribution >= 4 is 5.95 Å². The summed E-state index contributed by atoms with van der Waals surface area (Å²) < 4.78 is 37.1. The molecule has 0 aromatic carbocycles. The number of hydrogen-bond donors (Lipinski definition) is 1. The van der Waals surface area contributed by atoms with Crippen molar-refractivity contribution < 1.29 is 13.2 Å². The molecule has 16 heavy (non-hydrogen) atoms. The Kier molecular flexibility index (Phi) is 2.30. The van der Waals surface area contributed by atoms with Crippen molar-refractivity contribution in [2.75, 3.05) is 18.0 Å². The lowest BCUT2D eigenvalue weighted by atomic mass is 9.94. The van der Waals surface area contributed by atoms with Gasteiger partial charge in [0.25, 0.3) is 0 Å². The van der Waals surface area contributed by atoms with Gasteiger partial charge >= 0.3 is 6.18 Å². The third-order valence-corrected chi connectivity index (χ3v) is 2.32. The van der Waals surface area contributed by atoms with E-state index >= 15 is 0 Å². The molecule has 0 atom stereocenters. The minimum Gasteiger partial charge on any atom is -0.337 e. The molecule has 2 rings (SSSR count). The van der Waals surface area contributed by atoms with Gasteiger partial charge in [0.15, 0.2) is 0 Å². The molecule has 0 aliphatic carbocycles. The topological polar surface area (TPSA) is 55.0 Å². The van der Waals surface area contributed by atoms with Gasteiger partial charge in [-0.3, -0.25) is 0 Å². The average molecular weight is 232 g/mol. The van der Waals surface area contributed by atoms with Crippen LogP contribution >= 0.6 is 0 Å². The highest BCUT2D eigenvalue weighted by atomic mass is 19.4. The summed E-state index contributed by atoms with van der Waals surface area (Å²) in [7, 11) is 0. The maximum atomic E-state index is 12.4. The Morgan fingerprint density at radius 1 is 1.44 bits per heavy atom. The van der Waals surface area contributed by atoms with Gasteiger partial charge in [0.1, 0.15) is 5.69 Å². The molecule has 88 valence electrons. The third-order valence-electron chi connectivity index (χ3n) is 2.32. The molecule has 0 radical (unpaired) electrons. The number of hydrogen-bond acceptors (Lipinski definition) is 4. The molecule has 4 nitrogen and oxygen atoms in total. The second kappa shape index (κ2) is 3.31. The molecular weight excluding hydrogens is 221 g/mol. The highest BCUT2D eigenvalue weighted by Crippen LogP contribution is 2.29. The molecule has 2 N–H and O–H groups in total. The number of rotatable bonds is 1. The van der Waals surface area contributed by atoms with Gasteiger partial charge in [-0.1, -0.05) is 0 Å². The van der Waals surface area contributed by atoms with Gasteiger partial charge < -0.3 is 10.6 Å². The predicted octanol–water partition coefficient (Wildman–Crippen LogP) is 1.03. The summed E-state index contributed by atoms with van der Waals surface area (Å²) in [5.41, 5.74) is 4.46. The number of aromatic nitrogens is 2. The third kappa shape index (κ3) is 2.08. The Hall–Kier alpha value is -1.37. The molecule has 0 bridgehead atoms. The van der Waals surface area contributed by atoms with Crippen LogP contribution in [0.5, 0.6) is 0 Å². The Bertz CT molecular complexity index is 394.